The van der Waals surface area contributed by atoms with Crippen molar-refractivity contribution in [2.75, 3.05) is 7.05 Å². The van der Waals surface area contributed by atoms with Gasteiger partial charge in [0, 0.05) is 19.1 Å². The van der Waals surface area contributed by atoms with Crippen LogP contribution in [0.3, 0.4) is 0 Å². The summed E-state index contributed by atoms with van der Waals surface area (Å²) in [5.41, 5.74) is 2.38. The van der Waals surface area contributed by atoms with Crippen LogP contribution in [0.15, 0.2) is 5.10 Å². The van der Waals surface area contributed by atoms with Gasteiger partial charge in [0.25, 0.3) is 11.8 Å². The van der Waals surface area contributed by atoms with Crippen molar-refractivity contribution in [3.63, 3.8) is 0 Å². The lowest BCUT2D eigenvalue weighted by Gasteiger charge is -2.42. The third-order valence-corrected chi connectivity index (χ3v) is 5.36. The molecule has 0 aromatic rings. The van der Waals surface area contributed by atoms with Crippen LogP contribution < -0.4 is 5.43 Å². The second kappa shape index (κ2) is 7.32. The number of hydrogen-bond donors (Lipinski definition) is 1. The van der Waals surface area contributed by atoms with E-state index in [9.17, 15) is 14.4 Å². The highest BCUT2D eigenvalue weighted by atomic mass is 16.2. The number of urea groups is 1. The Morgan fingerprint density at radius 1 is 0.792 bits per heavy atom. The summed E-state index contributed by atoms with van der Waals surface area (Å²) in [5.74, 6) is -1.09. The molecule has 0 radical (unpaired) electrons. The third-order valence-electron chi connectivity index (χ3n) is 5.36. The number of carbonyl (C=O) groups excluding carboxylic acids is 3. The first-order valence-corrected chi connectivity index (χ1v) is 9.10. The number of carbonyl (C=O) groups is 3. The maximum atomic E-state index is 13.0. The number of nitrogens with zero attached hydrogens (tertiary/aromatic N) is 3. The van der Waals surface area contributed by atoms with Crippen molar-refractivity contribution in [2.45, 2.75) is 76.3 Å². The van der Waals surface area contributed by atoms with Crippen LogP contribution in [0, 0.1) is 0 Å². The molecular weight excluding hydrogens is 308 g/mol. The molecule has 1 aliphatic heterocycles. The van der Waals surface area contributed by atoms with E-state index in [0.29, 0.717) is 0 Å². The highest BCUT2D eigenvalue weighted by Gasteiger charge is 2.48. The Hall–Kier alpha value is -1.92. The lowest BCUT2D eigenvalue weighted by Crippen LogP contribution is -2.65. The van der Waals surface area contributed by atoms with Crippen molar-refractivity contribution in [1.82, 2.24) is 15.2 Å². The Labute approximate surface area is 142 Å². The summed E-state index contributed by atoms with van der Waals surface area (Å²) < 4.78 is 0. The van der Waals surface area contributed by atoms with E-state index in [1.807, 2.05) is 0 Å². The van der Waals surface area contributed by atoms with Crippen LogP contribution in [0.25, 0.3) is 0 Å². The second-order valence-corrected chi connectivity index (χ2v) is 6.90. The minimum Gasteiger partial charge on any atom is -0.312 e. The molecule has 0 unspecified atom stereocenters. The normalized spacial score (nSPS) is 24.5. The van der Waals surface area contributed by atoms with Gasteiger partial charge in [-0.1, -0.05) is 38.5 Å². The van der Waals surface area contributed by atoms with Gasteiger partial charge in [0.15, 0.2) is 0 Å². The second-order valence-electron chi connectivity index (χ2n) is 6.90. The van der Waals surface area contributed by atoms with Gasteiger partial charge in [-0.15, -0.1) is 0 Å². The molecule has 3 rings (SSSR count). The lowest BCUT2D eigenvalue weighted by atomic mass is 9.91. The molecule has 7 nitrogen and oxygen atoms in total. The number of barbiturate groups is 1. The van der Waals surface area contributed by atoms with Gasteiger partial charge in [-0.3, -0.25) is 19.4 Å². The van der Waals surface area contributed by atoms with E-state index in [1.54, 1.807) is 7.05 Å². The molecule has 3 aliphatic rings. The van der Waals surface area contributed by atoms with Gasteiger partial charge >= 0.3 is 6.03 Å². The van der Waals surface area contributed by atoms with Crippen molar-refractivity contribution in [1.29, 1.82) is 0 Å². The third kappa shape index (κ3) is 3.03. The number of imide groups is 2. The van der Waals surface area contributed by atoms with E-state index in [1.165, 1.54) is 9.80 Å². The summed E-state index contributed by atoms with van der Waals surface area (Å²) in [5, 5.41) is 3.90. The molecule has 1 heterocycles. The molecule has 0 aromatic carbocycles. The van der Waals surface area contributed by atoms with E-state index < -0.39 is 17.8 Å². The first-order chi connectivity index (χ1) is 11.6. The lowest BCUT2D eigenvalue weighted by molar-refractivity contribution is -0.133. The molecule has 0 spiro atoms. The van der Waals surface area contributed by atoms with E-state index in [0.717, 1.165) is 64.2 Å². The van der Waals surface area contributed by atoms with Crippen molar-refractivity contribution in [2.24, 2.45) is 5.10 Å². The van der Waals surface area contributed by atoms with Crippen molar-refractivity contribution >= 4 is 23.6 Å². The highest BCUT2D eigenvalue weighted by molar-refractivity contribution is 6.68. The van der Waals surface area contributed by atoms with Crippen molar-refractivity contribution in [3.05, 3.63) is 0 Å². The van der Waals surface area contributed by atoms with Gasteiger partial charge in [-0.25, -0.2) is 4.79 Å². The van der Waals surface area contributed by atoms with Gasteiger partial charge in [-0.2, -0.15) is 5.10 Å². The Morgan fingerprint density at radius 3 is 1.58 bits per heavy atom. The molecule has 24 heavy (non-hydrogen) atoms. The average Bonchev–Trinajstić information content (AvgIpc) is 2.61. The summed E-state index contributed by atoms with van der Waals surface area (Å²) in [7, 11) is 1.56. The molecule has 132 valence electrons. The molecule has 0 atom stereocenters. The van der Waals surface area contributed by atoms with Gasteiger partial charge in [-0.05, 0) is 25.7 Å². The smallest absolute Gasteiger partial charge is 0.312 e. The van der Waals surface area contributed by atoms with Crippen LogP contribution in [-0.2, 0) is 9.59 Å². The number of amides is 4. The first-order valence-electron chi connectivity index (χ1n) is 9.10. The van der Waals surface area contributed by atoms with Crippen LogP contribution >= 0.6 is 0 Å². The minimum atomic E-state index is -0.543. The van der Waals surface area contributed by atoms with Crippen LogP contribution in [0.5, 0.6) is 0 Å². The van der Waals surface area contributed by atoms with Gasteiger partial charge in [0.05, 0.1) is 0 Å². The highest BCUT2D eigenvalue weighted by Crippen LogP contribution is 2.30. The standard InChI is InChI=1S/C17H26N4O3/c1-18-19-14-15(22)20(12-8-4-2-5-9-12)17(24)21(16(14)23)13-10-6-3-7-11-13/h12-13,18H,2-11H2,1H3. The summed E-state index contributed by atoms with van der Waals surface area (Å²) in [6, 6.07) is -0.654. The van der Waals surface area contributed by atoms with E-state index in [2.05, 4.69) is 10.5 Å². The Kier molecular flexibility index (Phi) is 5.16. The molecule has 0 aromatic heterocycles. The number of hydrazone groups is 1. The zero-order valence-electron chi connectivity index (χ0n) is 14.3. The summed E-state index contributed by atoms with van der Waals surface area (Å²) in [4.78, 5) is 41.2. The molecule has 3 fully saturated rings. The minimum absolute atomic E-state index is 0.111. The fourth-order valence-corrected chi connectivity index (χ4v) is 4.14. The largest absolute Gasteiger partial charge is 0.334 e. The zero-order valence-corrected chi connectivity index (χ0v) is 14.3. The fraction of sp³-hybridized carbons (Fsp3) is 0.765. The van der Waals surface area contributed by atoms with E-state index >= 15 is 0 Å². The van der Waals surface area contributed by atoms with Gasteiger partial charge in [0.1, 0.15) is 0 Å². The monoisotopic (exact) mass is 334 g/mol. The Bertz CT molecular complexity index is 506. The molecule has 2 aliphatic carbocycles. The number of rotatable bonds is 3. The van der Waals surface area contributed by atoms with Crippen LogP contribution in [-0.4, -0.2) is 52.5 Å². The summed E-state index contributed by atoms with van der Waals surface area (Å²) in [6.45, 7) is 0. The maximum absolute atomic E-state index is 13.0. The topological polar surface area (TPSA) is 82.1 Å². The van der Waals surface area contributed by atoms with Gasteiger partial charge < -0.3 is 5.43 Å². The molecule has 0 bridgehead atoms. The number of nitrogens with one attached hydrogen (secondary N) is 1. The molecule has 4 amide bonds. The molecular formula is C17H26N4O3. The Balaban J connectivity index is 1.92. The SMILES string of the molecule is CNN=C1C(=O)N(C2CCCCC2)C(=O)N(C2CCCCC2)C1=O. The molecule has 7 heteroatoms. The van der Waals surface area contributed by atoms with Crippen LogP contribution in [0.4, 0.5) is 4.79 Å². The van der Waals surface area contributed by atoms with Crippen LogP contribution in [0.2, 0.25) is 0 Å². The fourth-order valence-electron chi connectivity index (χ4n) is 4.14. The van der Waals surface area contributed by atoms with Crippen molar-refractivity contribution in [3.8, 4) is 0 Å². The predicted octanol–water partition coefficient (Wildman–Crippen LogP) is 2.02. The number of hydrogen-bond acceptors (Lipinski definition) is 5. The average molecular weight is 334 g/mol. The predicted molar refractivity (Wildman–Crippen MR) is 89.3 cm³/mol. The maximum Gasteiger partial charge on any atom is 0.334 e. The van der Waals surface area contributed by atoms with Crippen molar-refractivity contribution < 1.29 is 14.4 Å². The summed E-state index contributed by atoms with van der Waals surface area (Å²) in [6.07, 6.45) is 9.58. The summed E-state index contributed by atoms with van der Waals surface area (Å²) >= 11 is 0. The molecule has 1 saturated heterocycles. The zero-order chi connectivity index (χ0) is 17.1. The Morgan fingerprint density at radius 2 is 1.21 bits per heavy atom. The molecule has 2 saturated carbocycles. The molecule has 1 N–H and O–H groups in total. The van der Waals surface area contributed by atoms with E-state index in [-0.39, 0.29) is 17.8 Å². The van der Waals surface area contributed by atoms with Gasteiger partial charge in [0.2, 0.25) is 5.71 Å². The first kappa shape index (κ1) is 16.9. The quantitative estimate of drug-likeness (QED) is 0.801. The van der Waals surface area contributed by atoms with E-state index in [4.69, 9.17) is 0 Å². The van der Waals surface area contributed by atoms with Crippen LogP contribution in [0.1, 0.15) is 64.2 Å².